The van der Waals surface area contributed by atoms with Crippen LogP contribution < -0.4 is 0 Å². The van der Waals surface area contributed by atoms with Gasteiger partial charge < -0.3 is 18.4 Å². The van der Waals surface area contributed by atoms with E-state index in [1.807, 2.05) is 0 Å². The molecule has 3 aromatic heterocycles. The van der Waals surface area contributed by atoms with Gasteiger partial charge in [0.2, 0.25) is 0 Å². The van der Waals surface area contributed by atoms with E-state index in [2.05, 4.69) is 0 Å². The summed E-state index contributed by atoms with van der Waals surface area (Å²) in [6.07, 6.45) is 4.31. The van der Waals surface area contributed by atoms with Crippen molar-refractivity contribution in [3.8, 4) is 22.8 Å². The van der Waals surface area contributed by atoms with Crippen LogP contribution in [0, 0.1) is 0 Å². The van der Waals surface area contributed by atoms with Crippen LogP contribution in [0.1, 0.15) is 10.4 Å². The number of carboxylic acid groups (broad SMARTS) is 1. The van der Waals surface area contributed by atoms with E-state index in [0.29, 0.717) is 17.1 Å². The molecule has 5 heteroatoms. The number of hydrogen-bond donors (Lipinski definition) is 1. The molecule has 0 amide bonds. The molecule has 0 spiro atoms. The predicted octanol–water partition coefficient (Wildman–Crippen LogP) is 3.50. The standard InChI is InChI=1S/C13H8O5/c14-13(15)9-4-7-18-12(9)11-8(3-6-17-11)10-2-1-5-16-10/h1-7H,(H,14,15). The quantitative estimate of drug-likeness (QED) is 0.762. The van der Waals surface area contributed by atoms with E-state index in [1.165, 1.54) is 24.9 Å². The Bertz CT molecular complexity index is 672. The largest absolute Gasteiger partial charge is 0.478 e. The predicted molar refractivity (Wildman–Crippen MR) is 61.1 cm³/mol. The number of rotatable bonds is 3. The van der Waals surface area contributed by atoms with Crippen LogP contribution in [0.15, 0.2) is 56.3 Å². The van der Waals surface area contributed by atoms with Crippen molar-refractivity contribution in [3.63, 3.8) is 0 Å². The molecule has 3 aromatic rings. The number of hydrogen-bond acceptors (Lipinski definition) is 4. The normalized spacial score (nSPS) is 10.7. The molecule has 5 nitrogen and oxygen atoms in total. The smallest absolute Gasteiger partial charge is 0.339 e. The lowest BCUT2D eigenvalue weighted by atomic mass is 10.1. The molecule has 0 atom stereocenters. The molecular formula is C13H8O5. The van der Waals surface area contributed by atoms with Gasteiger partial charge in [-0.25, -0.2) is 4.79 Å². The molecule has 0 saturated heterocycles. The minimum absolute atomic E-state index is 0.0535. The molecule has 18 heavy (non-hydrogen) atoms. The molecule has 3 rings (SSSR count). The molecule has 0 unspecified atom stereocenters. The summed E-state index contributed by atoms with van der Waals surface area (Å²) in [6, 6.07) is 6.58. The Labute approximate surface area is 101 Å². The molecule has 0 radical (unpaired) electrons. The fourth-order valence-electron chi connectivity index (χ4n) is 1.76. The van der Waals surface area contributed by atoms with Crippen LogP contribution in [0.2, 0.25) is 0 Å². The summed E-state index contributed by atoms with van der Waals surface area (Å²) in [5, 5.41) is 9.05. The summed E-state index contributed by atoms with van der Waals surface area (Å²) in [6.45, 7) is 0. The third kappa shape index (κ3) is 1.53. The SMILES string of the molecule is O=C(O)c1ccoc1-c1occc1-c1ccco1. The Morgan fingerprint density at radius 2 is 1.72 bits per heavy atom. The third-order valence-electron chi connectivity index (χ3n) is 2.55. The van der Waals surface area contributed by atoms with Gasteiger partial charge in [0.25, 0.3) is 0 Å². The first kappa shape index (κ1) is 10.5. The Balaban J connectivity index is 2.16. The van der Waals surface area contributed by atoms with Gasteiger partial charge in [0, 0.05) is 0 Å². The van der Waals surface area contributed by atoms with E-state index in [0.717, 1.165) is 0 Å². The summed E-state index contributed by atoms with van der Waals surface area (Å²) >= 11 is 0. The van der Waals surface area contributed by atoms with Crippen molar-refractivity contribution < 1.29 is 23.2 Å². The first-order valence-corrected chi connectivity index (χ1v) is 5.20. The molecular weight excluding hydrogens is 236 g/mol. The summed E-state index contributed by atoms with van der Waals surface area (Å²) in [5.74, 6) is 0.0401. The molecule has 0 aliphatic carbocycles. The second kappa shape index (κ2) is 3.96. The third-order valence-corrected chi connectivity index (χ3v) is 2.55. The number of carbonyl (C=O) groups is 1. The summed E-state index contributed by atoms with van der Waals surface area (Å²) < 4.78 is 15.8. The Morgan fingerprint density at radius 1 is 0.944 bits per heavy atom. The van der Waals surface area contributed by atoms with Gasteiger partial charge >= 0.3 is 5.97 Å². The zero-order chi connectivity index (χ0) is 12.5. The van der Waals surface area contributed by atoms with Crippen LogP contribution in [-0.4, -0.2) is 11.1 Å². The molecule has 0 aromatic carbocycles. The fourth-order valence-corrected chi connectivity index (χ4v) is 1.76. The monoisotopic (exact) mass is 244 g/mol. The minimum Gasteiger partial charge on any atom is -0.478 e. The second-order valence-electron chi connectivity index (χ2n) is 3.61. The van der Waals surface area contributed by atoms with Crippen LogP contribution in [0.5, 0.6) is 0 Å². The van der Waals surface area contributed by atoms with E-state index >= 15 is 0 Å². The van der Waals surface area contributed by atoms with Crippen LogP contribution >= 0.6 is 0 Å². The van der Waals surface area contributed by atoms with Crippen LogP contribution in [0.25, 0.3) is 22.8 Å². The van der Waals surface area contributed by atoms with E-state index < -0.39 is 5.97 Å². The summed E-state index contributed by atoms with van der Waals surface area (Å²) in [5.41, 5.74) is 0.704. The highest BCUT2D eigenvalue weighted by molar-refractivity contribution is 5.95. The molecule has 90 valence electrons. The number of furan rings is 3. The van der Waals surface area contributed by atoms with Gasteiger partial charge in [0.15, 0.2) is 11.5 Å². The minimum atomic E-state index is -1.07. The fraction of sp³-hybridized carbons (Fsp3) is 0. The van der Waals surface area contributed by atoms with Crippen molar-refractivity contribution in [1.82, 2.24) is 0 Å². The van der Waals surface area contributed by atoms with Gasteiger partial charge in [-0.1, -0.05) is 0 Å². The topological polar surface area (TPSA) is 76.7 Å². The van der Waals surface area contributed by atoms with Crippen molar-refractivity contribution >= 4 is 5.97 Å². The lowest BCUT2D eigenvalue weighted by Crippen LogP contribution is -1.95. The maximum atomic E-state index is 11.1. The average molecular weight is 244 g/mol. The zero-order valence-corrected chi connectivity index (χ0v) is 9.12. The Hall–Kier alpha value is -2.69. The second-order valence-corrected chi connectivity index (χ2v) is 3.61. The zero-order valence-electron chi connectivity index (χ0n) is 9.12. The molecule has 0 saturated carbocycles. The van der Waals surface area contributed by atoms with Gasteiger partial charge in [-0.2, -0.15) is 0 Å². The van der Waals surface area contributed by atoms with Crippen molar-refractivity contribution in [2.24, 2.45) is 0 Å². The molecule has 0 aliphatic heterocycles. The first-order chi connectivity index (χ1) is 8.77. The number of carboxylic acids is 1. The highest BCUT2D eigenvalue weighted by Crippen LogP contribution is 2.35. The molecule has 3 heterocycles. The lowest BCUT2D eigenvalue weighted by molar-refractivity contribution is 0.0697. The van der Waals surface area contributed by atoms with E-state index in [1.54, 1.807) is 18.2 Å². The van der Waals surface area contributed by atoms with Crippen molar-refractivity contribution in [2.45, 2.75) is 0 Å². The van der Waals surface area contributed by atoms with E-state index in [-0.39, 0.29) is 11.3 Å². The Morgan fingerprint density at radius 3 is 2.44 bits per heavy atom. The van der Waals surface area contributed by atoms with Gasteiger partial charge in [-0.05, 0) is 24.3 Å². The highest BCUT2D eigenvalue weighted by atomic mass is 16.4. The van der Waals surface area contributed by atoms with Crippen molar-refractivity contribution in [2.75, 3.05) is 0 Å². The van der Waals surface area contributed by atoms with Crippen LogP contribution in [-0.2, 0) is 0 Å². The Kier molecular flexibility index (Phi) is 2.30. The molecule has 0 bridgehead atoms. The van der Waals surface area contributed by atoms with Crippen molar-refractivity contribution in [1.29, 1.82) is 0 Å². The van der Waals surface area contributed by atoms with E-state index in [4.69, 9.17) is 18.4 Å². The first-order valence-electron chi connectivity index (χ1n) is 5.20. The van der Waals surface area contributed by atoms with Crippen LogP contribution in [0.4, 0.5) is 0 Å². The maximum absolute atomic E-state index is 11.1. The highest BCUT2D eigenvalue weighted by Gasteiger charge is 2.22. The molecule has 0 fully saturated rings. The summed E-state index contributed by atoms with van der Waals surface area (Å²) in [7, 11) is 0. The van der Waals surface area contributed by atoms with Crippen LogP contribution in [0.3, 0.4) is 0 Å². The maximum Gasteiger partial charge on any atom is 0.339 e. The van der Waals surface area contributed by atoms with Gasteiger partial charge in [0.05, 0.1) is 24.4 Å². The van der Waals surface area contributed by atoms with Gasteiger partial charge in [-0.3, -0.25) is 0 Å². The lowest BCUT2D eigenvalue weighted by Gasteiger charge is -1.98. The average Bonchev–Trinajstić information content (AvgIpc) is 3.10. The molecule has 1 N–H and O–H groups in total. The van der Waals surface area contributed by atoms with Gasteiger partial charge in [-0.15, -0.1) is 0 Å². The van der Waals surface area contributed by atoms with Crippen molar-refractivity contribution in [3.05, 3.63) is 48.6 Å². The van der Waals surface area contributed by atoms with Gasteiger partial charge in [0.1, 0.15) is 11.3 Å². The molecule has 0 aliphatic rings. The summed E-state index contributed by atoms with van der Waals surface area (Å²) in [4.78, 5) is 11.1. The number of aromatic carboxylic acids is 1. The van der Waals surface area contributed by atoms with E-state index in [9.17, 15) is 4.79 Å².